The molecule has 0 heterocycles. The van der Waals surface area contributed by atoms with Gasteiger partial charge in [-0.25, -0.2) is 8.42 Å². The first-order chi connectivity index (χ1) is 18.5. The first-order valence-electron chi connectivity index (χ1n) is 12.7. The van der Waals surface area contributed by atoms with Crippen LogP contribution in [-0.2, 0) is 26.2 Å². The Bertz CT molecular complexity index is 1430. The fourth-order valence-corrected chi connectivity index (χ4v) is 6.07. The average Bonchev–Trinajstić information content (AvgIpc) is 2.90. The normalized spacial score (nSPS) is 12.1. The molecule has 0 spiro atoms. The van der Waals surface area contributed by atoms with Gasteiger partial charge in [-0.15, -0.1) is 0 Å². The minimum absolute atomic E-state index is 0.00170. The zero-order chi connectivity index (χ0) is 28.7. The molecule has 0 saturated carbocycles. The van der Waals surface area contributed by atoms with Crippen LogP contribution < -0.4 is 9.62 Å². The molecule has 3 rings (SSSR count). The molecule has 10 heteroatoms. The Morgan fingerprint density at radius 3 is 2.23 bits per heavy atom. The summed E-state index contributed by atoms with van der Waals surface area (Å²) in [5.74, 6) is -0.862. The molecule has 0 aliphatic heterocycles. The van der Waals surface area contributed by atoms with Gasteiger partial charge in [0.05, 0.1) is 15.6 Å². The maximum Gasteiger partial charge on any atom is 0.264 e. The van der Waals surface area contributed by atoms with Crippen molar-refractivity contribution in [3.63, 3.8) is 0 Å². The van der Waals surface area contributed by atoms with Gasteiger partial charge in [-0.1, -0.05) is 72.1 Å². The van der Waals surface area contributed by atoms with Crippen LogP contribution in [0.5, 0.6) is 0 Å². The number of hydrogen-bond acceptors (Lipinski definition) is 4. The predicted octanol–water partition coefficient (Wildman–Crippen LogP) is 5.75. The van der Waals surface area contributed by atoms with Crippen LogP contribution >= 0.6 is 23.2 Å². The summed E-state index contributed by atoms with van der Waals surface area (Å²) in [6.45, 7) is 7.32. The van der Waals surface area contributed by atoms with E-state index >= 15 is 0 Å². The molecule has 3 aromatic carbocycles. The number of benzene rings is 3. The fraction of sp³-hybridized carbons (Fsp3) is 0.310. The summed E-state index contributed by atoms with van der Waals surface area (Å²) in [4.78, 5) is 28.5. The number of nitrogens with zero attached hydrogens (tertiary/aromatic N) is 2. The number of hydrogen-bond donors (Lipinski definition) is 1. The Kier molecular flexibility index (Phi) is 10.4. The van der Waals surface area contributed by atoms with Gasteiger partial charge < -0.3 is 10.2 Å². The summed E-state index contributed by atoms with van der Waals surface area (Å²) in [5.41, 5.74) is 2.75. The molecule has 2 amide bonds. The molecule has 3 aromatic rings. The number of amides is 2. The first-order valence-corrected chi connectivity index (χ1v) is 14.8. The van der Waals surface area contributed by atoms with Crippen molar-refractivity contribution < 1.29 is 18.0 Å². The standard InChI is InChI=1S/C29H33Cl2N3O4S/c1-5-26(29(36)32-6-2)33(18-22-10-8-7-9-21(22)4)28(35)19-34(27-17-23(30)13-16-25(27)31)39(37,38)24-14-11-20(3)12-15-24/h7-17,26H,5-6,18-19H2,1-4H3,(H,32,36). The highest BCUT2D eigenvalue weighted by atomic mass is 35.5. The second-order valence-corrected chi connectivity index (χ2v) is 11.9. The number of carbonyl (C=O) groups excluding carboxylic acids is 2. The Morgan fingerprint density at radius 1 is 0.949 bits per heavy atom. The van der Waals surface area contributed by atoms with Gasteiger partial charge in [0.2, 0.25) is 11.8 Å². The fourth-order valence-electron chi connectivity index (χ4n) is 4.21. The zero-order valence-corrected chi connectivity index (χ0v) is 24.8. The predicted molar refractivity (Wildman–Crippen MR) is 157 cm³/mol. The van der Waals surface area contributed by atoms with Gasteiger partial charge in [0.15, 0.2) is 0 Å². The lowest BCUT2D eigenvalue weighted by Gasteiger charge is -2.33. The van der Waals surface area contributed by atoms with E-state index in [1.807, 2.05) is 45.0 Å². The molecule has 0 bridgehead atoms. The monoisotopic (exact) mass is 589 g/mol. The average molecular weight is 591 g/mol. The summed E-state index contributed by atoms with van der Waals surface area (Å²) in [5, 5.41) is 3.17. The van der Waals surface area contributed by atoms with Gasteiger partial charge in [-0.3, -0.25) is 13.9 Å². The molecule has 1 atom stereocenters. The maximum atomic E-state index is 14.0. The van der Waals surface area contributed by atoms with Crippen molar-refractivity contribution in [2.24, 2.45) is 0 Å². The van der Waals surface area contributed by atoms with Crippen molar-refractivity contribution in [3.8, 4) is 0 Å². The third-order valence-corrected chi connectivity index (χ3v) is 8.73. The van der Waals surface area contributed by atoms with Gasteiger partial charge in [0.25, 0.3) is 10.0 Å². The summed E-state index contributed by atoms with van der Waals surface area (Å²) in [7, 11) is -4.24. The molecular weight excluding hydrogens is 557 g/mol. The highest BCUT2D eigenvalue weighted by molar-refractivity contribution is 7.92. The maximum absolute atomic E-state index is 14.0. The number of likely N-dealkylation sites (N-methyl/N-ethyl adjacent to an activating group) is 1. The molecular formula is C29H33Cl2N3O4S. The van der Waals surface area contributed by atoms with E-state index in [9.17, 15) is 18.0 Å². The van der Waals surface area contributed by atoms with Crippen LogP contribution in [0.2, 0.25) is 10.0 Å². The van der Waals surface area contributed by atoms with Crippen molar-refractivity contribution in [3.05, 3.63) is 93.5 Å². The quantitative estimate of drug-likeness (QED) is 0.308. The Labute approximate surface area is 240 Å². The van der Waals surface area contributed by atoms with E-state index in [1.54, 1.807) is 25.1 Å². The minimum atomic E-state index is -4.24. The van der Waals surface area contributed by atoms with Crippen LogP contribution in [0, 0.1) is 13.8 Å². The SMILES string of the molecule is CCNC(=O)C(CC)N(Cc1ccccc1C)C(=O)CN(c1cc(Cl)ccc1Cl)S(=O)(=O)c1ccc(C)cc1. The third kappa shape index (κ3) is 7.32. The van der Waals surface area contributed by atoms with Gasteiger partial charge >= 0.3 is 0 Å². The topological polar surface area (TPSA) is 86.8 Å². The molecule has 0 aromatic heterocycles. The van der Waals surface area contributed by atoms with Crippen LogP contribution in [-0.4, -0.2) is 44.3 Å². The number of rotatable bonds is 11. The van der Waals surface area contributed by atoms with Crippen molar-refractivity contribution >= 4 is 50.7 Å². The van der Waals surface area contributed by atoms with Gasteiger partial charge in [-0.2, -0.15) is 0 Å². The Balaban J connectivity index is 2.12. The second kappa shape index (κ2) is 13.3. The smallest absolute Gasteiger partial charge is 0.264 e. The molecule has 0 aliphatic rings. The van der Waals surface area contributed by atoms with E-state index in [0.717, 1.165) is 21.0 Å². The number of nitrogens with one attached hydrogen (secondary N) is 1. The molecule has 0 saturated heterocycles. The molecule has 0 radical (unpaired) electrons. The van der Waals surface area contributed by atoms with Gasteiger partial charge in [0, 0.05) is 18.1 Å². The van der Waals surface area contributed by atoms with E-state index < -0.39 is 28.5 Å². The number of anilines is 1. The molecule has 7 nitrogen and oxygen atoms in total. The van der Waals surface area contributed by atoms with Crippen molar-refractivity contribution in [1.82, 2.24) is 10.2 Å². The lowest BCUT2D eigenvalue weighted by atomic mass is 10.1. The van der Waals surface area contributed by atoms with E-state index in [2.05, 4.69) is 5.32 Å². The van der Waals surface area contributed by atoms with Crippen molar-refractivity contribution in [2.75, 3.05) is 17.4 Å². The summed E-state index contributed by atoms with van der Waals surface area (Å²) in [6.07, 6.45) is 0.339. The lowest BCUT2D eigenvalue weighted by Crippen LogP contribution is -2.52. The van der Waals surface area contributed by atoms with Gasteiger partial charge in [-0.05, 0) is 68.7 Å². The molecule has 0 aliphatic carbocycles. The van der Waals surface area contributed by atoms with E-state index in [4.69, 9.17) is 23.2 Å². The Hall–Kier alpha value is -3.07. The minimum Gasteiger partial charge on any atom is -0.355 e. The summed E-state index contributed by atoms with van der Waals surface area (Å²) < 4.78 is 28.8. The summed E-state index contributed by atoms with van der Waals surface area (Å²) >= 11 is 12.7. The van der Waals surface area contributed by atoms with E-state index in [-0.39, 0.29) is 33.1 Å². The van der Waals surface area contributed by atoms with Crippen LogP contribution in [0.3, 0.4) is 0 Å². The molecule has 208 valence electrons. The van der Waals surface area contributed by atoms with E-state index in [1.165, 1.54) is 29.2 Å². The van der Waals surface area contributed by atoms with Crippen LogP contribution in [0.1, 0.15) is 37.0 Å². The summed E-state index contributed by atoms with van der Waals surface area (Å²) in [6, 6.07) is 17.5. The number of carbonyl (C=O) groups is 2. The van der Waals surface area contributed by atoms with Crippen LogP contribution in [0.4, 0.5) is 5.69 Å². The zero-order valence-electron chi connectivity index (χ0n) is 22.4. The highest BCUT2D eigenvalue weighted by Gasteiger charge is 2.34. The molecule has 0 fully saturated rings. The number of halogens is 2. The van der Waals surface area contributed by atoms with E-state index in [0.29, 0.717) is 13.0 Å². The van der Waals surface area contributed by atoms with Gasteiger partial charge in [0.1, 0.15) is 12.6 Å². The lowest BCUT2D eigenvalue weighted by molar-refractivity contribution is -0.140. The largest absolute Gasteiger partial charge is 0.355 e. The molecule has 1 unspecified atom stereocenters. The van der Waals surface area contributed by atoms with Crippen LogP contribution in [0.25, 0.3) is 0 Å². The van der Waals surface area contributed by atoms with Crippen LogP contribution in [0.15, 0.2) is 71.6 Å². The first kappa shape index (κ1) is 30.5. The number of sulfonamides is 1. The molecule has 39 heavy (non-hydrogen) atoms. The highest BCUT2D eigenvalue weighted by Crippen LogP contribution is 2.33. The third-order valence-electron chi connectivity index (χ3n) is 6.40. The second-order valence-electron chi connectivity index (χ2n) is 9.19. The Morgan fingerprint density at radius 2 is 1.62 bits per heavy atom. The molecule has 1 N–H and O–H groups in total. The van der Waals surface area contributed by atoms with Crippen molar-refractivity contribution in [2.45, 2.75) is 51.6 Å². The number of aryl methyl sites for hydroxylation is 2. The van der Waals surface area contributed by atoms with Crippen molar-refractivity contribution in [1.29, 1.82) is 0 Å².